The van der Waals surface area contributed by atoms with Crippen LogP contribution < -0.4 is 10.2 Å². The van der Waals surface area contributed by atoms with Crippen LogP contribution in [-0.2, 0) is 4.74 Å². The molecule has 0 bridgehead atoms. The van der Waals surface area contributed by atoms with Gasteiger partial charge in [0.05, 0.1) is 41.7 Å². The first-order valence-electron chi connectivity index (χ1n) is 11.6. The van der Waals surface area contributed by atoms with Crippen molar-refractivity contribution < 1.29 is 9.53 Å². The van der Waals surface area contributed by atoms with Crippen LogP contribution in [0.25, 0.3) is 22.3 Å². The molecule has 0 saturated carbocycles. The van der Waals surface area contributed by atoms with E-state index in [1.165, 1.54) is 0 Å². The van der Waals surface area contributed by atoms with Crippen LogP contribution in [0, 0.1) is 6.92 Å². The van der Waals surface area contributed by atoms with Gasteiger partial charge in [0.2, 0.25) is 0 Å². The molecule has 174 valence electrons. The van der Waals surface area contributed by atoms with E-state index in [2.05, 4.69) is 34.1 Å². The van der Waals surface area contributed by atoms with Crippen molar-refractivity contribution in [2.45, 2.75) is 26.8 Å². The van der Waals surface area contributed by atoms with Crippen LogP contribution >= 0.6 is 0 Å². The van der Waals surface area contributed by atoms with Crippen LogP contribution in [0.5, 0.6) is 0 Å². The number of carbonyl (C=O) groups is 1. The zero-order valence-electron chi connectivity index (χ0n) is 19.7. The summed E-state index contributed by atoms with van der Waals surface area (Å²) in [5.41, 5.74) is 4.74. The van der Waals surface area contributed by atoms with Gasteiger partial charge in [0.1, 0.15) is 0 Å². The topological polar surface area (TPSA) is 85.2 Å². The van der Waals surface area contributed by atoms with Gasteiger partial charge in [-0.2, -0.15) is 5.10 Å². The highest BCUT2D eigenvalue weighted by molar-refractivity contribution is 6.13. The molecule has 4 heterocycles. The summed E-state index contributed by atoms with van der Waals surface area (Å²) in [7, 11) is 0. The Morgan fingerprint density at radius 1 is 1.12 bits per heavy atom. The number of aromatic nitrogens is 4. The van der Waals surface area contributed by atoms with Gasteiger partial charge >= 0.3 is 0 Å². The molecule has 0 spiro atoms. The van der Waals surface area contributed by atoms with Gasteiger partial charge in [0, 0.05) is 30.9 Å². The van der Waals surface area contributed by atoms with Crippen molar-refractivity contribution in [2.75, 3.05) is 36.5 Å². The Hall–Kier alpha value is -3.78. The molecule has 3 aromatic heterocycles. The third-order valence-corrected chi connectivity index (χ3v) is 6.07. The molecule has 8 nitrogen and oxygen atoms in total. The van der Waals surface area contributed by atoms with E-state index in [0.29, 0.717) is 30.1 Å². The van der Waals surface area contributed by atoms with Gasteiger partial charge in [-0.1, -0.05) is 24.3 Å². The van der Waals surface area contributed by atoms with E-state index in [-0.39, 0.29) is 11.9 Å². The number of morpholine rings is 1. The van der Waals surface area contributed by atoms with Gasteiger partial charge in [-0.3, -0.25) is 4.79 Å². The van der Waals surface area contributed by atoms with E-state index < -0.39 is 0 Å². The lowest BCUT2D eigenvalue weighted by Crippen LogP contribution is -2.37. The molecular weight excluding hydrogens is 428 g/mol. The zero-order chi connectivity index (χ0) is 23.7. The van der Waals surface area contributed by atoms with Crippen LogP contribution in [0.2, 0.25) is 0 Å². The SMILES string of the molecule is Cc1ccccc1-c1cc(C(=O)Nc2cccnc2N2CCOCC2)c2cnn(C(C)C)c2n1. The number of nitrogens with one attached hydrogen (secondary N) is 1. The van der Waals surface area contributed by atoms with Crippen molar-refractivity contribution in [3.8, 4) is 11.3 Å². The second-order valence-electron chi connectivity index (χ2n) is 8.72. The molecule has 1 N–H and O–H groups in total. The molecule has 1 fully saturated rings. The maximum atomic E-state index is 13.7. The van der Waals surface area contributed by atoms with Crippen molar-refractivity contribution in [3.05, 3.63) is 66.0 Å². The highest BCUT2D eigenvalue weighted by atomic mass is 16.5. The van der Waals surface area contributed by atoms with Crippen LogP contribution in [-0.4, -0.2) is 52.0 Å². The standard InChI is InChI=1S/C26H28N6O2/c1-17(2)32-24-21(16-28-32)20(15-23(29-24)19-8-5-4-7-18(19)3)26(33)30-22-9-6-10-27-25(22)31-11-13-34-14-12-31/h4-10,15-17H,11-14H2,1-3H3,(H,30,33). The van der Waals surface area contributed by atoms with Gasteiger partial charge in [-0.15, -0.1) is 0 Å². The fourth-order valence-electron chi connectivity index (χ4n) is 4.29. The van der Waals surface area contributed by atoms with Gasteiger partial charge < -0.3 is 15.0 Å². The summed E-state index contributed by atoms with van der Waals surface area (Å²) < 4.78 is 7.33. The summed E-state index contributed by atoms with van der Waals surface area (Å²) in [5.74, 6) is 0.537. The number of rotatable bonds is 5. The maximum Gasteiger partial charge on any atom is 0.256 e. The summed E-state index contributed by atoms with van der Waals surface area (Å²) >= 11 is 0. The lowest BCUT2D eigenvalue weighted by atomic mass is 10.0. The van der Waals surface area contributed by atoms with Crippen LogP contribution in [0.4, 0.5) is 11.5 Å². The number of hydrogen-bond acceptors (Lipinski definition) is 6. The van der Waals surface area contributed by atoms with Gasteiger partial charge in [0.15, 0.2) is 11.5 Å². The Morgan fingerprint density at radius 3 is 2.68 bits per heavy atom. The minimum atomic E-state index is -0.215. The fraction of sp³-hybridized carbons (Fsp3) is 0.308. The molecule has 5 rings (SSSR count). The first kappa shape index (κ1) is 22.0. The smallest absolute Gasteiger partial charge is 0.256 e. The Kier molecular flexibility index (Phi) is 5.98. The first-order valence-corrected chi connectivity index (χ1v) is 11.6. The Labute approximate surface area is 198 Å². The van der Waals surface area contributed by atoms with Crippen molar-refractivity contribution in [1.82, 2.24) is 19.7 Å². The maximum absolute atomic E-state index is 13.7. The summed E-state index contributed by atoms with van der Waals surface area (Å²) in [4.78, 5) is 25.3. The highest BCUT2D eigenvalue weighted by Crippen LogP contribution is 2.30. The molecule has 1 aliphatic rings. The van der Waals surface area contributed by atoms with Crippen LogP contribution in [0.3, 0.4) is 0 Å². The fourth-order valence-corrected chi connectivity index (χ4v) is 4.29. The second-order valence-corrected chi connectivity index (χ2v) is 8.72. The quantitative estimate of drug-likeness (QED) is 0.477. The monoisotopic (exact) mass is 456 g/mol. The van der Waals surface area contributed by atoms with Crippen LogP contribution in [0.1, 0.15) is 35.8 Å². The zero-order valence-corrected chi connectivity index (χ0v) is 19.7. The van der Waals surface area contributed by atoms with Gasteiger partial charge in [0.25, 0.3) is 5.91 Å². The number of aryl methyl sites for hydroxylation is 1. The molecule has 0 aliphatic carbocycles. The first-order chi connectivity index (χ1) is 16.5. The molecular formula is C26H28N6O2. The predicted octanol–water partition coefficient (Wildman–Crippen LogP) is 4.47. The number of pyridine rings is 2. The van der Waals surface area contributed by atoms with E-state index in [1.54, 1.807) is 12.4 Å². The Morgan fingerprint density at radius 2 is 1.91 bits per heavy atom. The highest BCUT2D eigenvalue weighted by Gasteiger charge is 2.22. The van der Waals surface area contributed by atoms with Crippen molar-refractivity contribution in [2.24, 2.45) is 0 Å². The number of ether oxygens (including phenoxy) is 1. The third-order valence-electron chi connectivity index (χ3n) is 6.07. The molecule has 0 atom stereocenters. The molecule has 1 aliphatic heterocycles. The summed E-state index contributed by atoms with van der Waals surface area (Å²) in [5, 5.41) is 8.35. The Bertz CT molecular complexity index is 1340. The number of hydrogen-bond donors (Lipinski definition) is 1. The minimum Gasteiger partial charge on any atom is -0.378 e. The molecule has 1 amide bonds. The van der Waals surface area contributed by atoms with E-state index >= 15 is 0 Å². The lowest BCUT2D eigenvalue weighted by molar-refractivity contribution is 0.102. The predicted molar refractivity (Wildman–Crippen MR) is 133 cm³/mol. The number of anilines is 2. The summed E-state index contributed by atoms with van der Waals surface area (Å²) in [6.07, 6.45) is 3.47. The molecule has 1 aromatic carbocycles. The van der Waals surface area contributed by atoms with E-state index in [9.17, 15) is 4.79 Å². The van der Waals surface area contributed by atoms with Gasteiger partial charge in [-0.25, -0.2) is 14.6 Å². The molecule has 0 unspecified atom stereocenters. The molecule has 1 saturated heterocycles. The van der Waals surface area contributed by atoms with Crippen molar-refractivity contribution in [3.63, 3.8) is 0 Å². The average molecular weight is 457 g/mol. The number of fused-ring (bicyclic) bond motifs is 1. The number of benzene rings is 1. The molecule has 0 radical (unpaired) electrons. The second kappa shape index (κ2) is 9.23. The van der Waals surface area contributed by atoms with E-state index in [1.807, 2.05) is 54.1 Å². The lowest BCUT2D eigenvalue weighted by Gasteiger charge is -2.29. The average Bonchev–Trinajstić information content (AvgIpc) is 3.29. The number of amides is 1. The number of nitrogens with zero attached hydrogens (tertiary/aromatic N) is 5. The summed E-state index contributed by atoms with van der Waals surface area (Å²) in [6.45, 7) is 8.91. The third kappa shape index (κ3) is 4.12. The van der Waals surface area contributed by atoms with Crippen molar-refractivity contribution >= 4 is 28.4 Å². The summed E-state index contributed by atoms with van der Waals surface area (Å²) in [6, 6.07) is 13.7. The van der Waals surface area contributed by atoms with Gasteiger partial charge in [-0.05, 0) is 44.5 Å². The van der Waals surface area contributed by atoms with E-state index in [4.69, 9.17) is 9.72 Å². The van der Waals surface area contributed by atoms with E-state index in [0.717, 1.165) is 41.1 Å². The van der Waals surface area contributed by atoms with Crippen LogP contribution in [0.15, 0.2) is 54.9 Å². The number of carbonyl (C=O) groups excluding carboxylic acids is 1. The normalized spacial score (nSPS) is 14.1. The largest absolute Gasteiger partial charge is 0.378 e. The molecule has 8 heteroatoms. The molecule has 4 aromatic rings. The Balaban J connectivity index is 1.59. The van der Waals surface area contributed by atoms with Crippen molar-refractivity contribution in [1.29, 1.82) is 0 Å². The molecule has 34 heavy (non-hydrogen) atoms. The minimum absolute atomic E-state index is 0.110.